The van der Waals surface area contributed by atoms with E-state index in [2.05, 4.69) is 18.2 Å². The molecule has 1 unspecified atom stereocenters. The lowest BCUT2D eigenvalue weighted by Gasteiger charge is -2.15. The molecule has 3 nitrogen and oxygen atoms in total. The summed E-state index contributed by atoms with van der Waals surface area (Å²) in [6.45, 7) is 2.88. The molecule has 0 spiro atoms. The van der Waals surface area contributed by atoms with Gasteiger partial charge in [0.25, 0.3) is 0 Å². The Bertz CT molecular complexity index is 387. The van der Waals surface area contributed by atoms with Crippen molar-refractivity contribution in [3.05, 3.63) is 23.8 Å². The third-order valence-electron chi connectivity index (χ3n) is 2.86. The molecule has 0 saturated carbocycles. The molecule has 0 saturated heterocycles. The number of terminal acetylenes is 1. The van der Waals surface area contributed by atoms with E-state index in [0.29, 0.717) is 6.04 Å². The number of hydrogen-bond acceptors (Lipinski definition) is 3. The van der Waals surface area contributed by atoms with E-state index in [4.69, 9.17) is 15.9 Å². The van der Waals surface area contributed by atoms with E-state index >= 15 is 0 Å². The highest BCUT2D eigenvalue weighted by molar-refractivity contribution is 5.38. The van der Waals surface area contributed by atoms with Crippen molar-refractivity contribution < 1.29 is 9.47 Å². The highest BCUT2D eigenvalue weighted by Crippen LogP contribution is 2.22. The van der Waals surface area contributed by atoms with Gasteiger partial charge in [0.2, 0.25) is 0 Å². The highest BCUT2D eigenvalue weighted by Gasteiger charge is 2.06. The minimum absolute atomic E-state index is 0.354. The van der Waals surface area contributed by atoms with Gasteiger partial charge in [0.1, 0.15) is 11.5 Å². The molecule has 98 valence electrons. The average molecular weight is 247 g/mol. The second kappa shape index (κ2) is 7.62. The molecular formula is C15H21NO2. The summed E-state index contributed by atoms with van der Waals surface area (Å²) in [7, 11) is 3.30. The second-order valence-electron chi connectivity index (χ2n) is 4.12. The number of methoxy groups -OCH3 is 2. The molecule has 0 amide bonds. The summed E-state index contributed by atoms with van der Waals surface area (Å²) in [6, 6.07) is 6.21. The van der Waals surface area contributed by atoms with E-state index in [1.54, 1.807) is 14.2 Å². The quantitative estimate of drug-likeness (QED) is 0.751. The third kappa shape index (κ3) is 4.31. The number of ether oxygens (including phenoxy) is 2. The molecule has 3 heteroatoms. The van der Waals surface area contributed by atoms with E-state index in [0.717, 1.165) is 36.4 Å². The third-order valence-corrected chi connectivity index (χ3v) is 2.86. The van der Waals surface area contributed by atoms with Crippen molar-refractivity contribution in [1.29, 1.82) is 0 Å². The maximum absolute atomic E-state index is 5.34. The van der Waals surface area contributed by atoms with Gasteiger partial charge in [-0.25, -0.2) is 0 Å². The van der Waals surface area contributed by atoms with Crippen molar-refractivity contribution in [2.45, 2.75) is 32.4 Å². The highest BCUT2D eigenvalue weighted by atomic mass is 16.5. The number of hydrogen-bond donors (Lipinski definition) is 1. The predicted molar refractivity (Wildman–Crippen MR) is 73.9 cm³/mol. The molecule has 0 bridgehead atoms. The van der Waals surface area contributed by atoms with E-state index in [1.165, 1.54) is 0 Å². The van der Waals surface area contributed by atoms with Crippen LogP contribution in [0.2, 0.25) is 0 Å². The monoisotopic (exact) mass is 247 g/mol. The Morgan fingerprint density at radius 3 is 2.28 bits per heavy atom. The van der Waals surface area contributed by atoms with Crippen LogP contribution in [0.5, 0.6) is 11.5 Å². The first-order valence-corrected chi connectivity index (χ1v) is 6.12. The fourth-order valence-electron chi connectivity index (χ4n) is 1.73. The van der Waals surface area contributed by atoms with Gasteiger partial charge < -0.3 is 14.8 Å². The summed E-state index contributed by atoms with van der Waals surface area (Å²) < 4.78 is 10.5. The van der Waals surface area contributed by atoms with Gasteiger partial charge in [-0.15, -0.1) is 12.3 Å². The minimum atomic E-state index is 0.354. The molecule has 1 aromatic carbocycles. The van der Waals surface area contributed by atoms with Crippen LogP contribution in [0.1, 0.15) is 25.3 Å². The van der Waals surface area contributed by atoms with Crippen LogP contribution < -0.4 is 14.8 Å². The predicted octanol–water partition coefficient (Wildman–Crippen LogP) is 2.60. The zero-order valence-electron chi connectivity index (χ0n) is 11.3. The lowest BCUT2D eigenvalue weighted by Crippen LogP contribution is -2.27. The summed E-state index contributed by atoms with van der Waals surface area (Å²) in [6.07, 6.45) is 7.10. The van der Waals surface area contributed by atoms with Gasteiger partial charge in [-0.05, 0) is 24.1 Å². The molecule has 1 aromatic rings. The Labute approximate surface area is 109 Å². The van der Waals surface area contributed by atoms with Gasteiger partial charge in [0.15, 0.2) is 0 Å². The van der Waals surface area contributed by atoms with Crippen molar-refractivity contribution in [1.82, 2.24) is 5.32 Å². The molecule has 1 atom stereocenters. The maximum Gasteiger partial charge on any atom is 0.122 e. The van der Waals surface area contributed by atoms with Crippen molar-refractivity contribution in [3.63, 3.8) is 0 Å². The van der Waals surface area contributed by atoms with Gasteiger partial charge in [-0.2, -0.15) is 0 Å². The molecule has 0 aliphatic rings. The smallest absolute Gasteiger partial charge is 0.122 e. The topological polar surface area (TPSA) is 30.5 Å². The first-order valence-electron chi connectivity index (χ1n) is 6.12. The van der Waals surface area contributed by atoms with Gasteiger partial charge in [-0.3, -0.25) is 0 Å². The molecule has 0 aromatic heterocycles. The number of nitrogens with one attached hydrogen (secondary N) is 1. The summed E-state index contributed by atoms with van der Waals surface area (Å²) in [5, 5.41) is 3.44. The van der Waals surface area contributed by atoms with Crippen LogP contribution in [0.25, 0.3) is 0 Å². The first kappa shape index (κ1) is 14.4. The summed E-state index contributed by atoms with van der Waals surface area (Å²) >= 11 is 0. The zero-order chi connectivity index (χ0) is 13.4. The molecule has 0 radical (unpaired) electrons. The van der Waals surface area contributed by atoms with Gasteiger partial charge in [0.05, 0.1) is 14.2 Å². The van der Waals surface area contributed by atoms with Crippen LogP contribution in [0, 0.1) is 12.3 Å². The summed E-state index contributed by atoms with van der Waals surface area (Å²) in [4.78, 5) is 0. The lowest BCUT2D eigenvalue weighted by molar-refractivity contribution is 0.392. The number of rotatable bonds is 7. The van der Waals surface area contributed by atoms with Crippen molar-refractivity contribution >= 4 is 0 Å². The SMILES string of the molecule is C#CCC(CC)NCc1cc(OC)cc(OC)c1. The lowest BCUT2D eigenvalue weighted by atomic mass is 10.1. The van der Waals surface area contributed by atoms with Gasteiger partial charge in [-0.1, -0.05) is 6.92 Å². The molecule has 18 heavy (non-hydrogen) atoms. The van der Waals surface area contributed by atoms with E-state index in [1.807, 2.05) is 18.2 Å². The average Bonchev–Trinajstić information content (AvgIpc) is 2.42. The summed E-state index contributed by atoms with van der Waals surface area (Å²) in [5.41, 5.74) is 1.13. The largest absolute Gasteiger partial charge is 0.497 e. The van der Waals surface area contributed by atoms with E-state index in [-0.39, 0.29) is 0 Å². The van der Waals surface area contributed by atoms with Crippen molar-refractivity contribution in [2.24, 2.45) is 0 Å². The normalized spacial score (nSPS) is 11.7. The van der Waals surface area contributed by atoms with Crippen LogP contribution in [0.4, 0.5) is 0 Å². The Morgan fingerprint density at radius 2 is 1.83 bits per heavy atom. The Hall–Kier alpha value is -1.66. The van der Waals surface area contributed by atoms with Crippen LogP contribution in [0.3, 0.4) is 0 Å². The molecule has 1 rings (SSSR count). The molecule has 0 fully saturated rings. The maximum atomic E-state index is 5.34. The van der Waals surface area contributed by atoms with Crippen LogP contribution in [-0.4, -0.2) is 20.3 Å². The van der Waals surface area contributed by atoms with Crippen LogP contribution >= 0.6 is 0 Å². The van der Waals surface area contributed by atoms with Crippen molar-refractivity contribution in [2.75, 3.05) is 14.2 Å². The Kier molecular flexibility index (Phi) is 6.10. The molecule has 0 heterocycles. The number of benzene rings is 1. The Morgan fingerprint density at radius 1 is 1.22 bits per heavy atom. The fourth-order valence-corrected chi connectivity index (χ4v) is 1.73. The molecule has 1 N–H and O–H groups in total. The fraction of sp³-hybridized carbons (Fsp3) is 0.467. The summed E-state index contributed by atoms with van der Waals surface area (Å²) in [5.74, 6) is 4.29. The minimum Gasteiger partial charge on any atom is -0.497 e. The van der Waals surface area contributed by atoms with E-state index < -0.39 is 0 Å². The first-order chi connectivity index (χ1) is 8.73. The zero-order valence-corrected chi connectivity index (χ0v) is 11.3. The molecule has 0 aliphatic heterocycles. The molecular weight excluding hydrogens is 226 g/mol. The van der Waals surface area contributed by atoms with Crippen LogP contribution in [0.15, 0.2) is 18.2 Å². The standard InChI is InChI=1S/C15H21NO2/c1-5-7-13(6-2)16-11-12-8-14(17-3)10-15(9-12)18-4/h1,8-10,13,16H,6-7,11H2,2-4H3. The van der Waals surface area contributed by atoms with Gasteiger partial charge in [0, 0.05) is 25.1 Å². The second-order valence-corrected chi connectivity index (χ2v) is 4.12. The van der Waals surface area contributed by atoms with Crippen LogP contribution in [-0.2, 0) is 6.54 Å². The van der Waals surface area contributed by atoms with E-state index in [9.17, 15) is 0 Å². The Balaban J connectivity index is 2.68. The molecule has 0 aliphatic carbocycles. The van der Waals surface area contributed by atoms with Gasteiger partial charge >= 0.3 is 0 Å². The van der Waals surface area contributed by atoms with Crippen molar-refractivity contribution in [3.8, 4) is 23.8 Å².